The molecule has 0 atom stereocenters. The minimum atomic E-state index is -0.337. The fourth-order valence-corrected chi connectivity index (χ4v) is 2.53. The predicted octanol–water partition coefficient (Wildman–Crippen LogP) is 4.38. The van der Waals surface area contributed by atoms with Gasteiger partial charge in [0.05, 0.1) is 14.2 Å². The molecule has 22 heavy (non-hydrogen) atoms. The summed E-state index contributed by atoms with van der Waals surface area (Å²) in [7, 11) is 3.06. The molecule has 0 aromatic heterocycles. The summed E-state index contributed by atoms with van der Waals surface area (Å²) in [6.45, 7) is 2.18. The van der Waals surface area contributed by atoms with Gasteiger partial charge in [-0.3, -0.25) is 0 Å². The highest BCUT2D eigenvalue weighted by Gasteiger charge is 2.07. The number of ether oxygens (including phenoxy) is 2. The Morgan fingerprint density at radius 3 is 2.68 bits per heavy atom. The van der Waals surface area contributed by atoms with E-state index in [-0.39, 0.29) is 5.97 Å². The summed E-state index contributed by atoms with van der Waals surface area (Å²) in [5, 5.41) is 2.36. The third kappa shape index (κ3) is 3.67. The van der Waals surface area contributed by atoms with E-state index in [1.54, 1.807) is 7.11 Å². The minimum absolute atomic E-state index is 0.337. The predicted molar refractivity (Wildman–Crippen MR) is 90.2 cm³/mol. The van der Waals surface area contributed by atoms with Gasteiger partial charge in [0, 0.05) is 6.08 Å². The lowest BCUT2D eigenvalue weighted by molar-refractivity contribution is -0.134. The number of rotatable bonds is 6. The van der Waals surface area contributed by atoms with Gasteiger partial charge in [-0.15, -0.1) is 0 Å². The number of carbonyl (C=O) groups is 1. The van der Waals surface area contributed by atoms with Gasteiger partial charge in [-0.25, -0.2) is 4.79 Å². The number of benzene rings is 2. The molecule has 0 saturated heterocycles. The van der Waals surface area contributed by atoms with Crippen molar-refractivity contribution in [2.45, 2.75) is 26.2 Å². The third-order valence-corrected chi connectivity index (χ3v) is 3.76. The number of fused-ring (bicyclic) bond motifs is 1. The largest absolute Gasteiger partial charge is 0.497 e. The Bertz CT molecular complexity index is 686. The average molecular weight is 298 g/mol. The lowest BCUT2D eigenvalue weighted by Gasteiger charge is -2.11. The van der Waals surface area contributed by atoms with Gasteiger partial charge in [0.25, 0.3) is 0 Å². The molecule has 0 spiro atoms. The molecule has 0 fully saturated rings. The molecule has 2 rings (SSSR count). The summed E-state index contributed by atoms with van der Waals surface area (Å²) in [6.07, 6.45) is 6.54. The zero-order chi connectivity index (χ0) is 15.9. The first-order chi connectivity index (χ1) is 10.7. The highest BCUT2D eigenvalue weighted by molar-refractivity contribution is 5.92. The van der Waals surface area contributed by atoms with Crippen LogP contribution in [0.25, 0.3) is 16.8 Å². The number of carbonyl (C=O) groups excluding carboxylic acids is 1. The number of hydrogen-bond acceptors (Lipinski definition) is 3. The van der Waals surface area contributed by atoms with Crippen molar-refractivity contribution >= 4 is 22.8 Å². The fraction of sp³-hybridized carbons (Fsp3) is 0.316. The number of esters is 1. The maximum Gasteiger partial charge on any atom is 0.330 e. The van der Waals surface area contributed by atoms with Crippen molar-refractivity contribution in [3.8, 4) is 5.75 Å². The Morgan fingerprint density at radius 1 is 1.18 bits per heavy atom. The first-order valence-corrected chi connectivity index (χ1v) is 7.55. The van der Waals surface area contributed by atoms with Gasteiger partial charge < -0.3 is 9.47 Å². The molecule has 0 aliphatic rings. The van der Waals surface area contributed by atoms with E-state index >= 15 is 0 Å². The van der Waals surface area contributed by atoms with Crippen molar-refractivity contribution in [2.24, 2.45) is 0 Å². The Balaban J connectivity index is 2.50. The molecule has 116 valence electrons. The third-order valence-electron chi connectivity index (χ3n) is 3.76. The summed E-state index contributed by atoms with van der Waals surface area (Å²) in [4.78, 5) is 11.3. The number of hydrogen-bond donors (Lipinski definition) is 0. The molecule has 0 bridgehead atoms. The van der Waals surface area contributed by atoms with E-state index < -0.39 is 0 Å². The van der Waals surface area contributed by atoms with Crippen LogP contribution >= 0.6 is 0 Å². The van der Waals surface area contributed by atoms with Crippen LogP contribution < -0.4 is 4.74 Å². The molecule has 0 radical (unpaired) electrons. The van der Waals surface area contributed by atoms with E-state index in [0.717, 1.165) is 36.0 Å². The molecule has 0 N–H and O–H groups in total. The van der Waals surface area contributed by atoms with Crippen LogP contribution in [-0.4, -0.2) is 20.2 Å². The molecule has 3 nitrogen and oxygen atoms in total. The van der Waals surface area contributed by atoms with Crippen molar-refractivity contribution in [1.82, 2.24) is 0 Å². The van der Waals surface area contributed by atoms with E-state index in [0.29, 0.717) is 0 Å². The summed E-state index contributed by atoms with van der Waals surface area (Å²) in [5.41, 5.74) is 2.33. The van der Waals surface area contributed by atoms with Crippen LogP contribution in [0, 0.1) is 0 Å². The molecular weight excluding hydrogens is 276 g/mol. The summed E-state index contributed by atoms with van der Waals surface area (Å²) >= 11 is 0. The molecule has 0 amide bonds. The highest BCUT2D eigenvalue weighted by atomic mass is 16.5. The first-order valence-electron chi connectivity index (χ1n) is 7.55. The summed E-state index contributed by atoms with van der Waals surface area (Å²) in [6, 6.07) is 10.2. The van der Waals surface area contributed by atoms with Gasteiger partial charge in [-0.05, 0) is 52.9 Å². The van der Waals surface area contributed by atoms with Crippen LogP contribution in [0.5, 0.6) is 5.75 Å². The van der Waals surface area contributed by atoms with Crippen LogP contribution in [0.2, 0.25) is 0 Å². The topological polar surface area (TPSA) is 35.5 Å². The second-order valence-corrected chi connectivity index (χ2v) is 5.18. The van der Waals surface area contributed by atoms with Gasteiger partial charge in [-0.2, -0.15) is 0 Å². The second-order valence-electron chi connectivity index (χ2n) is 5.18. The van der Waals surface area contributed by atoms with Crippen LogP contribution in [0.4, 0.5) is 0 Å². The van der Waals surface area contributed by atoms with Crippen LogP contribution in [0.15, 0.2) is 36.4 Å². The van der Waals surface area contributed by atoms with Crippen molar-refractivity contribution in [2.75, 3.05) is 14.2 Å². The Morgan fingerprint density at radius 2 is 2.00 bits per heavy atom. The van der Waals surface area contributed by atoms with Crippen LogP contribution in [0.1, 0.15) is 30.9 Å². The lowest BCUT2D eigenvalue weighted by atomic mass is 9.94. The second kappa shape index (κ2) is 7.64. The maximum absolute atomic E-state index is 11.3. The minimum Gasteiger partial charge on any atom is -0.497 e. The highest BCUT2D eigenvalue weighted by Crippen LogP contribution is 2.28. The van der Waals surface area contributed by atoms with Crippen molar-refractivity contribution in [3.05, 3.63) is 47.5 Å². The van der Waals surface area contributed by atoms with Gasteiger partial charge >= 0.3 is 5.97 Å². The number of aryl methyl sites for hydroxylation is 1. The molecule has 0 aliphatic heterocycles. The van der Waals surface area contributed by atoms with E-state index in [9.17, 15) is 4.79 Å². The molecule has 0 unspecified atom stereocenters. The normalized spacial score (nSPS) is 11.0. The zero-order valence-corrected chi connectivity index (χ0v) is 13.4. The Hall–Kier alpha value is -2.29. The Kier molecular flexibility index (Phi) is 5.59. The molecule has 3 heteroatoms. The number of unbranched alkanes of at least 4 members (excludes halogenated alkanes) is 1. The molecule has 0 saturated carbocycles. The van der Waals surface area contributed by atoms with Crippen LogP contribution in [-0.2, 0) is 16.0 Å². The lowest BCUT2D eigenvalue weighted by Crippen LogP contribution is -1.96. The van der Waals surface area contributed by atoms with Gasteiger partial charge in [0.2, 0.25) is 0 Å². The van der Waals surface area contributed by atoms with Crippen molar-refractivity contribution in [1.29, 1.82) is 0 Å². The Labute approximate surface area is 131 Å². The molecule has 0 heterocycles. The first kappa shape index (κ1) is 16.1. The summed E-state index contributed by atoms with van der Waals surface area (Å²) < 4.78 is 9.96. The van der Waals surface area contributed by atoms with E-state index in [1.165, 1.54) is 24.1 Å². The quantitative estimate of drug-likeness (QED) is 0.586. The zero-order valence-electron chi connectivity index (χ0n) is 13.4. The van der Waals surface area contributed by atoms with Crippen molar-refractivity contribution < 1.29 is 14.3 Å². The molecule has 2 aromatic rings. The van der Waals surface area contributed by atoms with Gasteiger partial charge in [-0.1, -0.05) is 31.5 Å². The maximum atomic E-state index is 11.3. The monoisotopic (exact) mass is 298 g/mol. The number of methoxy groups -OCH3 is 2. The molecular formula is C19H22O3. The van der Waals surface area contributed by atoms with E-state index in [4.69, 9.17) is 4.74 Å². The smallest absolute Gasteiger partial charge is 0.330 e. The fourth-order valence-electron chi connectivity index (χ4n) is 2.53. The molecule has 2 aromatic carbocycles. The van der Waals surface area contributed by atoms with E-state index in [1.807, 2.05) is 24.3 Å². The molecule has 0 aliphatic carbocycles. The average Bonchev–Trinajstić information content (AvgIpc) is 2.57. The van der Waals surface area contributed by atoms with Crippen LogP contribution in [0.3, 0.4) is 0 Å². The SMILES string of the molecule is CCCCc1c(/C=C/C(=O)OC)ccc2cc(OC)ccc12. The van der Waals surface area contributed by atoms with Gasteiger partial charge in [0.15, 0.2) is 0 Å². The van der Waals surface area contributed by atoms with E-state index in [2.05, 4.69) is 23.8 Å². The standard InChI is InChI=1S/C19H22O3/c1-4-5-6-17-14(9-12-19(20)22-3)7-8-15-13-16(21-2)10-11-18(15)17/h7-13H,4-6H2,1-3H3/b12-9+. The van der Waals surface area contributed by atoms with Crippen molar-refractivity contribution in [3.63, 3.8) is 0 Å². The summed E-state index contributed by atoms with van der Waals surface area (Å²) in [5.74, 6) is 0.517. The van der Waals surface area contributed by atoms with Gasteiger partial charge in [0.1, 0.15) is 5.75 Å².